The molecule has 4 aromatic rings. The van der Waals surface area contributed by atoms with Crippen LogP contribution in [0.3, 0.4) is 0 Å². The summed E-state index contributed by atoms with van der Waals surface area (Å²) in [6, 6.07) is 30.8. The van der Waals surface area contributed by atoms with Crippen LogP contribution < -0.4 is 9.62 Å². The molecule has 2 amide bonds. The maximum absolute atomic E-state index is 14.5. The van der Waals surface area contributed by atoms with Gasteiger partial charge in [0.1, 0.15) is 12.6 Å². The van der Waals surface area contributed by atoms with E-state index in [0.717, 1.165) is 21.9 Å². The van der Waals surface area contributed by atoms with E-state index < -0.39 is 28.5 Å². The van der Waals surface area contributed by atoms with Crippen molar-refractivity contribution in [3.63, 3.8) is 0 Å². The molecule has 1 N–H and O–H groups in total. The number of hydrogen-bond acceptors (Lipinski definition) is 4. The maximum Gasteiger partial charge on any atom is 0.264 e. The standard InChI is InChI=1S/C35H38ClN3O4S/c1-4-27(3)37-35(41)33(23-28-14-7-5-8-15-28)38(24-29-16-9-6-10-17-29)34(40)25-39(32-18-12-11-13-26(32)2)44(42,43)31-21-19-30(36)20-22-31/h5-22,27,33H,4,23-25H2,1-3H3,(H,37,41)/t27-,33+/m1/s1. The third kappa shape index (κ3) is 8.27. The Morgan fingerprint density at radius 1 is 0.818 bits per heavy atom. The van der Waals surface area contributed by atoms with Gasteiger partial charge in [0, 0.05) is 24.0 Å². The van der Waals surface area contributed by atoms with E-state index in [9.17, 15) is 18.0 Å². The first-order valence-electron chi connectivity index (χ1n) is 14.6. The topological polar surface area (TPSA) is 86.8 Å². The van der Waals surface area contributed by atoms with Crippen molar-refractivity contribution in [2.24, 2.45) is 0 Å². The minimum atomic E-state index is -4.20. The summed E-state index contributed by atoms with van der Waals surface area (Å²) in [5.41, 5.74) is 2.76. The number of hydrogen-bond donors (Lipinski definition) is 1. The fraction of sp³-hybridized carbons (Fsp3) is 0.257. The second kappa shape index (κ2) is 15.0. The second-order valence-corrected chi connectivity index (χ2v) is 13.1. The van der Waals surface area contributed by atoms with E-state index in [-0.39, 0.29) is 29.8 Å². The van der Waals surface area contributed by atoms with E-state index in [0.29, 0.717) is 16.3 Å². The minimum Gasteiger partial charge on any atom is -0.352 e. The minimum absolute atomic E-state index is 0.00270. The van der Waals surface area contributed by atoms with Gasteiger partial charge in [0.15, 0.2) is 0 Å². The number of benzene rings is 4. The Labute approximate surface area is 265 Å². The predicted molar refractivity (Wildman–Crippen MR) is 176 cm³/mol. The van der Waals surface area contributed by atoms with Gasteiger partial charge in [-0.15, -0.1) is 0 Å². The third-order valence-electron chi connectivity index (χ3n) is 7.53. The van der Waals surface area contributed by atoms with Crippen LogP contribution in [0.2, 0.25) is 5.02 Å². The highest BCUT2D eigenvalue weighted by atomic mass is 35.5. The molecule has 0 aliphatic heterocycles. The summed E-state index contributed by atoms with van der Waals surface area (Å²) in [4.78, 5) is 29.9. The van der Waals surface area contributed by atoms with Crippen LogP contribution in [0.25, 0.3) is 0 Å². The molecular weight excluding hydrogens is 594 g/mol. The quantitative estimate of drug-likeness (QED) is 0.185. The molecule has 9 heteroatoms. The van der Waals surface area contributed by atoms with Crippen molar-refractivity contribution in [2.45, 2.75) is 57.1 Å². The summed E-state index contributed by atoms with van der Waals surface area (Å²) < 4.78 is 29.4. The SMILES string of the molecule is CC[C@@H](C)NC(=O)[C@H](Cc1ccccc1)N(Cc1ccccc1)C(=O)CN(c1ccccc1C)S(=O)(=O)c1ccc(Cl)cc1. The Kier molecular flexibility index (Phi) is 11.2. The maximum atomic E-state index is 14.5. The van der Waals surface area contributed by atoms with Gasteiger partial charge in [0.2, 0.25) is 11.8 Å². The van der Waals surface area contributed by atoms with Gasteiger partial charge in [0.05, 0.1) is 10.6 Å². The molecule has 44 heavy (non-hydrogen) atoms. The number of para-hydroxylation sites is 1. The number of aryl methyl sites for hydroxylation is 1. The summed E-state index contributed by atoms with van der Waals surface area (Å²) >= 11 is 6.06. The fourth-order valence-electron chi connectivity index (χ4n) is 4.87. The fourth-order valence-corrected chi connectivity index (χ4v) is 6.47. The average molecular weight is 632 g/mol. The largest absolute Gasteiger partial charge is 0.352 e. The number of nitrogens with one attached hydrogen (secondary N) is 1. The van der Waals surface area contributed by atoms with Crippen molar-refractivity contribution in [3.8, 4) is 0 Å². The lowest BCUT2D eigenvalue weighted by Gasteiger charge is -2.34. The first kappa shape index (κ1) is 32.8. The van der Waals surface area contributed by atoms with Gasteiger partial charge in [0.25, 0.3) is 10.0 Å². The van der Waals surface area contributed by atoms with Crippen molar-refractivity contribution < 1.29 is 18.0 Å². The number of nitrogens with zero attached hydrogens (tertiary/aromatic N) is 2. The van der Waals surface area contributed by atoms with Crippen LogP contribution in [-0.4, -0.2) is 43.8 Å². The molecule has 0 aromatic heterocycles. The van der Waals surface area contributed by atoms with Crippen LogP contribution in [0.15, 0.2) is 114 Å². The summed E-state index contributed by atoms with van der Waals surface area (Å²) in [6.07, 6.45) is 0.979. The van der Waals surface area contributed by atoms with E-state index >= 15 is 0 Å². The molecule has 0 unspecified atom stereocenters. The predicted octanol–water partition coefficient (Wildman–Crippen LogP) is 6.40. The van der Waals surface area contributed by atoms with Gasteiger partial charge in [-0.25, -0.2) is 8.42 Å². The van der Waals surface area contributed by atoms with Crippen molar-refractivity contribution in [3.05, 3.63) is 131 Å². The Morgan fingerprint density at radius 2 is 1.39 bits per heavy atom. The molecule has 0 aliphatic rings. The highest BCUT2D eigenvalue weighted by Crippen LogP contribution is 2.28. The summed E-state index contributed by atoms with van der Waals surface area (Å²) in [5, 5.41) is 3.45. The molecule has 0 saturated heterocycles. The van der Waals surface area contributed by atoms with E-state index in [1.807, 2.05) is 80.6 Å². The summed E-state index contributed by atoms with van der Waals surface area (Å²) in [6.45, 7) is 5.30. The molecule has 230 valence electrons. The van der Waals surface area contributed by atoms with Crippen LogP contribution in [0.1, 0.15) is 37.0 Å². The lowest BCUT2D eigenvalue weighted by Crippen LogP contribution is -2.54. The molecule has 0 heterocycles. The smallest absolute Gasteiger partial charge is 0.264 e. The molecule has 0 fully saturated rings. The molecule has 0 spiro atoms. The zero-order valence-corrected chi connectivity index (χ0v) is 26.8. The van der Waals surface area contributed by atoms with Gasteiger partial charge < -0.3 is 10.2 Å². The highest BCUT2D eigenvalue weighted by molar-refractivity contribution is 7.92. The number of anilines is 1. The Balaban J connectivity index is 1.80. The van der Waals surface area contributed by atoms with E-state index in [1.54, 1.807) is 25.1 Å². The number of halogens is 1. The summed E-state index contributed by atoms with van der Waals surface area (Å²) in [5.74, 6) is -0.801. The van der Waals surface area contributed by atoms with Crippen molar-refractivity contribution in [2.75, 3.05) is 10.8 Å². The molecule has 0 aliphatic carbocycles. The van der Waals surface area contributed by atoms with Crippen LogP contribution in [0.4, 0.5) is 5.69 Å². The van der Waals surface area contributed by atoms with Crippen LogP contribution in [-0.2, 0) is 32.6 Å². The van der Waals surface area contributed by atoms with E-state index in [1.165, 1.54) is 29.2 Å². The molecule has 4 aromatic carbocycles. The van der Waals surface area contributed by atoms with Gasteiger partial charge in [-0.3, -0.25) is 13.9 Å². The zero-order valence-electron chi connectivity index (χ0n) is 25.2. The number of carbonyl (C=O) groups is 2. The molecule has 0 bridgehead atoms. The monoisotopic (exact) mass is 631 g/mol. The van der Waals surface area contributed by atoms with Crippen molar-refractivity contribution in [1.82, 2.24) is 10.2 Å². The Morgan fingerprint density at radius 3 is 1.98 bits per heavy atom. The van der Waals surface area contributed by atoms with E-state index in [4.69, 9.17) is 11.6 Å². The molecule has 2 atom stereocenters. The second-order valence-electron chi connectivity index (χ2n) is 10.8. The Hall–Kier alpha value is -4.14. The average Bonchev–Trinajstić information content (AvgIpc) is 3.03. The molecule has 0 radical (unpaired) electrons. The van der Waals surface area contributed by atoms with Crippen LogP contribution in [0.5, 0.6) is 0 Å². The number of sulfonamides is 1. The van der Waals surface area contributed by atoms with Crippen LogP contribution >= 0.6 is 11.6 Å². The van der Waals surface area contributed by atoms with Gasteiger partial charge in [-0.05, 0) is 67.3 Å². The summed E-state index contributed by atoms with van der Waals surface area (Å²) in [7, 11) is -4.20. The van der Waals surface area contributed by atoms with Gasteiger partial charge in [-0.1, -0.05) is 97.4 Å². The lowest BCUT2D eigenvalue weighted by molar-refractivity contribution is -0.140. The first-order chi connectivity index (χ1) is 21.1. The van der Waals surface area contributed by atoms with Gasteiger partial charge >= 0.3 is 0 Å². The molecule has 7 nitrogen and oxygen atoms in total. The molecule has 4 rings (SSSR count). The zero-order chi connectivity index (χ0) is 31.7. The first-order valence-corrected chi connectivity index (χ1v) is 16.4. The molecule has 0 saturated carbocycles. The molecular formula is C35H38ClN3O4S. The number of amides is 2. The van der Waals surface area contributed by atoms with Crippen molar-refractivity contribution in [1.29, 1.82) is 0 Å². The lowest BCUT2D eigenvalue weighted by atomic mass is 10.0. The normalized spacial score (nSPS) is 12.6. The van der Waals surface area contributed by atoms with Crippen molar-refractivity contribution >= 4 is 39.1 Å². The van der Waals surface area contributed by atoms with E-state index in [2.05, 4.69) is 5.32 Å². The number of carbonyl (C=O) groups excluding carboxylic acids is 2. The van der Waals surface area contributed by atoms with Crippen LogP contribution in [0, 0.1) is 6.92 Å². The number of rotatable bonds is 13. The Bertz CT molecular complexity index is 1650. The van der Waals surface area contributed by atoms with Gasteiger partial charge in [-0.2, -0.15) is 0 Å². The highest BCUT2D eigenvalue weighted by Gasteiger charge is 2.35. The third-order valence-corrected chi connectivity index (χ3v) is 9.56.